The summed E-state index contributed by atoms with van der Waals surface area (Å²) in [5.41, 5.74) is 0.676. The van der Waals surface area contributed by atoms with Crippen LogP contribution >= 0.6 is 15.9 Å². The Kier molecular flexibility index (Phi) is 4.48. The first kappa shape index (κ1) is 15.0. The zero-order valence-electron chi connectivity index (χ0n) is 11.4. The molecule has 1 amide bonds. The predicted molar refractivity (Wildman–Crippen MR) is 79.7 cm³/mol. The van der Waals surface area contributed by atoms with Crippen LogP contribution in [0.3, 0.4) is 0 Å². The summed E-state index contributed by atoms with van der Waals surface area (Å²) in [5.74, 6) is -1.02. The van der Waals surface area contributed by atoms with Crippen LogP contribution in [0.5, 0.6) is 0 Å². The molecule has 0 bridgehead atoms. The lowest BCUT2D eigenvalue weighted by Crippen LogP contribution is -2.41. The smallest absolute Gasteiger partial charge is 0.311 e. The number of carbonyl (C=O) groups is 2. The van der Waals surface area contributed by atoms with Crippen molar-refractivity contribution in [2.24, 2.45) is 5.41 Å². The molecular weight excluding hydrogens is 322 g/mol. The zero-order valence-corrected chi connectivity index (χ0v) is 13.0. The molecule has 2 N–H and O–H groups in total. The maximum Gasteiger partial charge on any atom is 0.311 e. The summed E-state index contributed by atoms with van der Waals surface area (Å²) in [6, 6.07) is 5.50. The van der Waals surface area contributed by atoms with E-state index in [0.29, 0.717) is 18.4 Å². The van der Waals surface area contributed by atoms with Crippen molar-refractivity contribution in [3.05, 3.63) is 33.8 Å². The van der Waals surface area contributed by atoms with Crippen LogP contribution in [-0.2, 0) is 4.79 Å². The number of hydrogen-bond donors (Lipinski definition) is 2. The fourth-order valence-electron chi connectivity index (χ4n) is 2.70. The minimum absolute atomic E-state index is 0.202. The lowest BCUT2D eigenvalue weighted by Gasteiger charge is -2.24. The maximum absolute atomic E-state index is 12.2. The van der Waals surface area contributed by atoms with Crippen molar-refractivity contribution in [2.45, 2.75) is 32.6 Å². The van der Waals surface area contributed by atoms with E-state index in [1.165, 1.54) is 0 Å². The Morgan fingerprint density at radius 1 is 1.35 bits per heavy atom. The number of carboxylic acids is 1. The molecule has 0 aromatic heterocycles. The van der Waals surface area contributed by atoms with Crippen molar-refractivity contribution < 1.29 is 14.7 Å². The molecule has 1 fully saturated rings. The number of halogens is 1. The van der Waals surface area contributed by atoms with Gasteiger partial charge in [-0.3, -0.25) is 9.59 Å². The topological polar surface area (TPSA) is 66.4 Å². The van der Waals surface area contributed by atoms with Crippen LogP contribution in [0, 0.1) is 12.3 Å². The number of aryl methyl sites for hydroxylation is 1. The van der Waals surface area contributed by atoms with E-state index >= 15 is 0 Å². The summed E-state index contributed by atoms with van der Waals surface area (Å²) >= 11 is 3.34. The first-order valence-corrected chi connectivity index (χ1v) is 7.52. The molecule has 1 aromatic rings. The van der Waals surface area contributed by atoms with Crippen molar-refractivity contribution in [3.63, 3.8) is 0 Å². The van der Waals surface area contributed by atoms with Crippen LogP contribution < -0.4 is 5.32 Å². The number of hydrogen-bond acceptors (Lipinski definition) is 2. The molecule has 0 saturated heterocycles. The fraction of sp³-hybridized carbons (Fsp3) is 0.467. The SMILES string of the molecule is Cc1ccc(Br)cc1C(=O)NCC1(C(=O)O)CCCC1. The van der Waals surface area contributed by atoms with Crippen LogP contribution in [-0.4, -0.2) is 23.5 Å². The number of carboxylic acid groups (broad SMARTS) is 1. The molecule has 0 atom stereocenters. The van der Waals surface area contributed by atoms with Gasteiger partial charge in [0.1, 0.15) is 0 Å². The first-order valence-electron chi connectivity index (χ1n) is 6.72. The van der Waals surface area contributed by atoms with Crippen molar-refractivity contribution >= 4 is 27.8 Å². The number of amides is 1. The molecule has 108 valence electrons. The normalized spacial score (nSPS) is 16.9. The van der Waals surface area contributed by atoms with Gasteiger partial charge in [-0.15, -0.1) is 0 Å². The largest absolute Gasteiger partial charge is 0.481 e. The van der Waals surface area contributed by atoms with E-state index in [2.05, 4.69) is 21.2 Å². The highest BCUT2D eigenvalue weighted by molar-refractivity contribution is 9.10. The standard InChI is InChI=1S/C15H18BrNO3/c1-10-4-5-11(16)8-12(10)13(18)17-9-15(14(19)20)6-2-3-7-15/h4-5,8H,2-3,6-7,9H2,1H3,(H,17,18)(H,19,20). The van der Waals surface area contributed by atoms with Gasteiger partial charge in [0.15, 0.2) is 0 Å². The number of aliphatic carboxylic acids is 1. The molecule has 1 saturated carbocycles. The predicted octanol–water partition coefficient (Wildman–Crippen LogP) is 3.13. The molecule has 4 nitrogen and oxygen atoms in total. The summed E-state index contributed by atoms with van der Waals surface area (Å²) in [7, 11) is 0. The Morgan fingerprint density at radius 2 is 2.00 bits per heavy atom. The minimum Gasteiger partial charge on any atom is -0.481 e. The Morgan fingerprint density at radius 3 is 2.60 bits per heavy atom. The van der Waals surface area contributed by atoms with Crippen LogP contribution in [0.4, 0.5) is 0 Å². The molecule has 2 rings (SSSR count). The number of benzene rings is 1. The third kappa shape index (κ3) is 3.03. The van der Waals surface area contributed by atoms with Crippen molar-refractivity contribution in [1.82, 2.24) is 5.32 Å². The van der Waals surface area contributed by atoms with Crippen LogP contribution in [0.1, 0.15) is 41.6 Å². The minimum atomic E-state index is -0.804. The van der Waals surface area contributed by atoms with E-state index in [0.717, 1.165) is 22.9 Å². The summed E-state index contributed by atoms with van der Waals surface area (Å²) in [6.45, 7) is 2.07. The fourth-order valence-corrected chi connectivity index (χ4v) is 3.06. The highest BCUT2D eigenvalue weighted by Crippen LogP contribution is 2.37. The van der Waals surface area contributed by atoms with E-state index in [4.69, 9.17) is 0 Å². The number of carbonyl (C=O) groups excluding carboxylic acids is 1. The van der Waals surface area contributed by atoms with Gasteiger partial charge in [0.05, 0.1) is 5.41 Å². The van der Waals surface area contributed by atoms with Crippen LogP contribution in [0.15, 0.2) is 22.7 Å². The molecule has 5 heteroatoms. The van der Waals surface area contributed by atoms with Crippen molar-refractivity contribution in [2.75, 3.05) is 6.54 Å². The number of rotatable bonds is 4. The molecule has 0 spiro atoms. The second-order valence-corrected chi connectivity index (χ2v) is 6.35. The van der Waals surface area contributed by atoms with Gasteiger partial charge in [-0.1, -0.05) is 34.8 Å². The third-order valence-electron chi connectivity index (χ3n) is 4.05. The maximum atomic E-state index is 12.2. The lowest BCUT2D eigenvalue weighted by molar-refractivity contribution is -0.148. The third-order valence-corrected chi connectivity index (χ3v) is 4.54. The number of nitrogens with one attached hydrogen (secondary N) is 1. The van der Waals surface area contributed by atoms with E-state index < -0.39 is 11.4 Å². The molecule has 0 radical (unpaired) electrons. The van der Waals surface area contributed by atoms with Crippen LogP contribution in [0.25, 0.3) is 0 Å². The Balaban J connectivity index is 2.08. The molecule has 1 aliphatic rings. The molecule has 1 aliphatic carbocycles. The first-order chi connectivity index (χ1) is 9.44. The van der Waals surface area contributed by atoms with E-state index in [-0.39, 0.29) is 12.5 Å². The van der Waals surface area contributed by atoms with Gasteiger partial charge >= 0.3 is 5.97 Å². The molecular formula is C15H18BrNO3. The van der Waals surface area contributed by atoms with E-state index in [9.17, 15) is 14.7 Å². The summed E-state index contributed by atoms with van der Waals surface area (Å²) in [5, 5.41) is 12.2. The zero-order chi connectivity index (χ0) is 14.8. The van der Waals surface area contributed by atoms with Gasteiger partial charge in [0.25, 0.3) is 5.91 Å². The molecule has 1 aromatic carbocycles. The van der Waals surface area contributed by atoms with Gasteiger partial charge in [-0.25, -0.2) is 0 Å². The summed E-state index contributed by atoms with van der Waals surface area (Å²) in [6.07, 6.45) is 3.11. The van der Waals surface area contributed by atoms with Crippen molar-refractivity contribution in [3.8, 4) is 0 Å². The second kappa shape index (κ2) is 5.95. The summed E-state index contributed by atoms with van der Waals surface area (Å²) < 4.78 is 0.835. The van der Waals surface area contributed by atoms with E-state index in [1.807, 2.05) is 19.1 Å². The Hall–Kier alpha value is -1.36. The average Bonchev–Trinajstić information content (AvgIpc) is 2.89. The monoisotopic (exact) mass is 339 g/mol. The second-order valence-electron chi connectivity index (χ2n) is 5.43. The van der Waals surface area contributed by atoms with Gasteiger partial charge in [-0.2, -0.15) is 0 Å². The molecule has 0 aliphatic heterocycles. The highest BCUT2D eigenvalue weighted by Gasteiger charge is 2.41. The van der Waals surface area contributed by atoms with Gasteiger partial charge in [0, 0.05) is 16.6 Å². The van der Waals surface area contributed by atoms with Gasteiger partial charge in [-0.05, 0) is 37.5 Å². The lowest BCUT2D eigenvalue weighted by atomic mass is 9.86. The summed E-state index contributed by atoms with van der Waals surface area (Å²) in [4.78, 5) is 23.6. The molecule has 0 unspecified atom stereocenters. The van der Waals surface area contributed by atoms with Crippen molar-refractivity contribution in [1.29, 1.82) is 0 Å². The Bertz CT molecular complexity index is 536. The Labute approximate surface area is 126 Å². The highest BCUT2D eigenvalue weighted by atomic mass is 79.9. The molecule has 20 heavy (non-hydrogen) atoms. The van der Waals surface area contributed by atoms with Gasteiger partial charge in [0.2, 0.25) is 0 Å². The van der Waals surface area contributed by atoms with Crippen LogP contribution in [0.2, 0.25) is 0 Å². The van der Waals surface area contributed by atoms with Gasteiger partial charge < -0.3 is 10.4 Å². The van der Waals surface area contributed by atoms with E-state index in [1.54, 1.807) is 6.07 Å². The average molecular weight is 340 g/mol. The quantitative estimate of drug-likeness (QED) is 0.885. The molecule has 0 heterocycles.